The summed E-state index contributed by atoms with van der Waals surface area (Å²) in [6.45, 7) is 7.38. The quantitative estimate of drug-likeness (QED) is 0.724. The maximum absolute atomic E-state index is 11.0. The Morgan fingerprint density at radius 2 is 1.53 bits per heavy atom. The maximum atomic E-state index is 11.0. The second-order valence-electron chi connectivity index (χ2n) is 2.80. The number of halogens is 2. The third-order valence-corrected chi connectivity index (χ3v) is 3.59. The molecule has 0 amide bonds. The lowest BCUT2D eigenvalue weighted by Gasteiger charge is -2.04. The SMILES string of the molecule is CC.Cc1cc(S(=O)(=O)Cl)c(C)cc1Cl. The number of benzene rings is 1. The Labute approximate surface area is 101 Å². The molecule has 0 bridgehead atoms. The van der Waals surface area contributed by atoms with Crippen molar-refractivity contribution in [3.05, 3.63) is 28.3 Å². The summed E-state index contributed by atoms with van der Waals surface area (Å²) in [6.07, 6.45) is 0. The third kappa shape index (κ3) is 4.01. The second kappa shape index (κ2) is 5.73. The second-order valence-corrected chi connectivity index (χ2v) is 5.75. The highest BCUT2D eigenvalue weighted by Crippen LogP contribution is 2.25. The van der Waals surface area contributed by atoms with Crippen molar-refractivity contribution < 1.29 is 8.42 Å². The van der Waals surface area contributed by atoms with E-state index < -0.39 is 9.05 Å². The van der Waals surface area contributed by atoms with Crippen molar-refractivity contribution in [2.75, 3.05) is 0 Å². The van der Waals surface area contributed by atoms with Crippen molar-refractivity contribution in [1.29, 1.82) is 0 Å². The molecule has 1 aromatic carbocycles. The molecule has 1 aromatic rings. The molecule has 0 fully saturated rings. The van der Waals surface area contributed by atoms with Crippen molar-refractivity contribution in [2.45, 2.75) is 32.6 Å². The molecule has 0 saturated carbocycles. The van der Waals surface area contributed by atoms with Gasteiger partial charge in [0.2, 0.25) is 0 Å². The summed E-state index contributed by atoms with van der Waals surface area (Å²) >= 11 is 5.80. The lowest BCUT2D eigenvalue weighted by Crippen LogP contribution is -1.95. The lowest BCUT2D eigenvalue weighted by molar-refractivity contribution is 0.609. The molecule has 0 radical (unpaired) electrons. The highest BCUT2D eigenvalue weighted by atomic mass is 35.7. The van der Waals surface area contributed by atoms with Crippen LogP contribution in [0.3, 0.4) is 0 Å². The minimum absolute atomic E-state index is 0.121. The first-order valence-electron chi connectivity index (χ1n) is 4.54. The van der Waals surface area contributed by atoms with Crippen LogP contribution in [0.5, 0.6) is 0 Å². The first-order valence-corrected chi connectivity index (χ1v) is 7.22. The molecule has 0 N–H and O–H groups in total. The van der Waals surface area contributed by atoms with Gasteiger partial charge in [0.25, 0.3) is 9.05 Å². The summed E-state index contributed by atoms with van der Waals surface area (Å²) in [4.78, 5) is 0.121. The zero-order valence-electron chi connectivity index (χ0n) is 9.14. The summed E-state index contributed by atoms with van der Waals surface area (Å²) in [6, 6.07) is 3.06. The molecular weight excluding hydrogens is 255 g/mol. The minimum Gasteiger partial charge on any atom is -0.207 e. The fraction of sp³-hybridized carbons (Fsp3) is 0.400. The normalized spacial score (nSPS) is 10.5. The van der Waals surface area contributed by atoms with Crippen molar-refractivity contribution in [1.82, 2.24) is 0 Å². The first kappa shape index (κ1) is 14.8. The van der Waals surface area contributed by atoms with E-state index in [0.29, 0.717) is 16.1 Å². The van der Waals surface area contributed by atoms with Crippen molar-refractivity contribution >= 4 is 31.3 Å². The number of hydrogen-bond acceptors (Lipinski definition) is 2. The van der Waals surface area contributed by atoms with E-state index in [1.165, 1.54) is 6.07 Å². The Morgan fingerprint density at radius 3 is 1.93 bits per heavy atom. The van der Waals surface area contributed by atoms with Gasteiger partial charge in [-0.05, 0) is 37.1 Å². The Hall–Kier alpha value is -0.250. The molecule has 0 saturated heterocycles. The van der Waals surface area contributed by atoms with Gasteiger partial charge in [-0.1, -0.05) is 25.4 Å². The molecule has 86 valence electrons. The summed E-state index contributed by atoms with van der Waals surface area (Å²) < 4.78 is 22.1. The average Bonchev–Trinajstić information content (AvgIpc) is 2.13. The van der Waals surface area contributed by atoms with Crippen LogP contribution in [0.4, 0.5) is 0 Å². The summed E-state index contributed by atoms with van der Waals surface area (Å²) in [5, 5.41) is 0.543. The van der Waals surface area contributed by atoms with Crippen LogP contribution in [0.15, 0.2) is 17.0 Å². The van der Waals surface area contributed by atoms with E-state index in [2.05, 4.69) is 0 Å². The van der Waals surface area contributed by atoms with E-state index in [0.717, 1.165) is 0 Å². The molecule has 0 aliphatic rings. The van der Waals surface area contributed by atoms with Gasteiger partial charge in [-0.25, -0.2) is 8.42 Å². The van der Waals surface area contributed by atoms with E-state index in [-0.39, 0.29) is 4.90 Å². The van der Waals surface area contributed by atoms with Crippen LogP contribution in [-0.4, -0.2) is 8.42 Å². The van der Waals surface area contributed by atoms with E-state index in [1.54, 1.807) is 19.9 Å². The maximum Gasteiger partial charge on any atom is 0.261 e. The van der Waals surface area contributed by atoms with Gasteiger partial charge in [-0.3, -0.25) is 0 Å². The third-order valence-electron chi connectivity index (χ3n) is 1.72. The van der Waals surface area contributed by atoms with Gasteiger partial charge in [0.05, 0.1) is 4.90 Å². The molecule has 0 unspecified atom stereocenters. The topological polar surface area (TPSA) is 34.1 Å². The number of aryl methyl sites for hydroxylation is 2. The summed E-state index contributed by atoms with van der Waals surface area (Å²) in [7, 11) is 1.56. The lowest BCUT2D eigenvalue weighted by atomic mass is 10.2. The Bertz CT molecular complexity index is 439. The molecule has 0 aliphatic carbocycles. The van der Waals surface area contributed by atoms with E-state index >= 15 is 0 Å². The molecule has 0 atom stereocenters. The largest absolute Gasteiger partial charge is 0.261 e. The number of hydrogen-bond donors (Lipinski definition) is 0. The van der Waals surface area contributed by atoms with Crippen LogP contribution in [0.1, 0.15) is 25.0 Å². The fourth-order valence-electron chi connectivity index (χ4n) is 1.02. The predicted molar refractivity (Wildman–Crippen MR) is 65.3 cm³/mol. The summed E-state index contributed by atoms with van der Waals surface area (Å²) in [5.41, 5.74) is 1.26. The van der Waals surface area contributed by atoms with Crippen LogP contribution in [0, 0.1) is 13.8 Å². The molecular formula is C10H14Cl2O2S. The van der Waals surface area contributed by atoms with Gasteiger partial charge in [0.1, 0.15) is 0 Å². The van der Waals surface area contributed by atoms with E-state index in [9.17, 15) is 8.42 Å². The van der Waals surface area contributed by atoms with Gasteiger partial charge < -0.3 is 0 Å². The molecule has 1 rings (SSSR count). The highest BCUT2D eigenvalue weighted by molar-refractivity contribution is 8.13. The Morgan fingerprint density at radius 1 is 1.07 bits per heavy atom. The van der Waals surface area contributed by atoms with E-state index in [1.807, 2.05) is 13.8 Å². The van der Waals surface area contributed by atoms with Crippen molar-refractivity contribution in [3.8, 4) is 0 Å². The van der Waals surface area contributed by atoms with Crippen LogP contribution in [0.25, 0.3) is 0 Å². The van der Waals surface area contributed by atoms with Crippen molar-refractivity contribution in [2.24, 2.45) is 0 Å². The first-order chi connectivity index (χ1) is 6.82. The van der Waals surface area contributed by atoms with Crippen LogP contribution >= 0.6 is 22.3 Å². The average molecular weight is 269 g/mol. The zero-order valence-corrected chi connectivity index (χ0v) is 11.5. The van der Waals surface area contributed by atoms with Gasteiger partial charge in [0, 0.05) is 15.7 Å². The molecule has 0 heterocycles. The minimum atomic E-state index is -3.66. The van der Waals surface area contributed by atoms with Crippen LogP contribution < -0.4 is 0 Å². The van der Waals surface area contributed by atoms with Crippen LogP contribution in [0.2, 0.25) is 5.02 Å². The number of rotatable bonds is 1. The molecule has 2 nitrogen and oxygen atoms in total. The van der Waals surface area contributed by atoms with Gasteiger partial charge in [0.15, 0.2) is 0 Å². The molecule has 5 heteroatoms. The fourth-order valence-corrected chi connectivity index (χ4v) is 2.50. The van der Waals surface area contributed by atoms with Crippen LogP contribution in [-0.2, 0) is 9.05 Å². The summed E-state index contributed by atoms with van der Waals surface area (Å²) in [5.74, 6) is 0. The Kier molecular flexibility index (Phi) is 5.63. The molecule has 0 spiro atoms. The van der Waals surface area contributed by atoms with E-state index in [4.69, 9.17) is 22.3 Å². The van der Waals surface area contributed by atoms with Crippen molar-refractivity contribution in [3.63, 3.8) is 0 Å². The smallest absolute Gasteiger partial charge is 0.207 e. The molecule has 15 heavy (non-hydrogen) atoms. The molecule has 0 aliphatic heterocycles. The molecule has 0 aromatic heterocycles. The predicted octanol–water partition coefficient (Wildman–Crippen LogP) is 3.91. The van der Waals surface area contributed by atoms with Gasteiger partial charge >= 0.3 is 0 Å². The highest BCUT2D eigenvalue weighted by Gasteiger charge is 2.14. The zero-order chi connectivity index (χ0) is 12.2. The standard InChI is InChI=1S/C8H8Cl2O2S.C2H6/c1-5-4-8(13(10,11)12)6(2)3-7(5)9;1-2/h3-4H,1-2H3;1-2H3. The monoisotopic (exact) mass is 268 g/mol. The Balaban J connectivity index is 0.000000921. The van der Waals surface area contributed by atoms with Gasteiger partial charge in [-0.15, -0.1) is 0 Å². The van der Waals surface area contributed by atoms with Gasteiger partial charge in [-0.2, -0.15) is 0 Å².